The lowest BCUT2D eigenvalue weighted by Crippen LogP contribution is -2.18. The summed E-state index contributed by atoms with van der Waals surface area (Å²) in [5, 5.41) is 11.9. The minimum absolute atomic E-state index is 0.176. The Bertz CT molecular complexity index is 917. The van der Waals surface area contributed by atoms with Gasteiger partial charge in [-0.1, -0.05) is 31.2 Å². The zero-order valence-electron chi connectivity index (χ0n) is 15.5. The summed E-state index contributed by atoms with van der Waals surface area (Å²) in [6, 6.07) is 0. The van der Waals surface area contributed by atoms with Gasteiger partial charge in [0.05, 0.1) is 17.1 Å². The number of rotatable bonds is 4. The zero-order valence-corrected chi connectivity index (χ0v) is 15.5. The highest BCUT2D eigenvalue weighted by atomic mass is 16.5. The molecule has 136 valence electrons. The molecule has 2 aliphatic rings. The van der Waals surface area contributed by atoms with E-state index in [9.17, 15) is 4.79 Å². The standard InChI is InChI=1S/C20H24N4O2/c1-4-16-18(13(3)26-23-16)20(25)21-19-15-9-6-10-17(15)22-24(19)14-8-5-7-12(2)11-14/h5,8,11-12H,4,6-7,9-10H2,1-3H3,(H,21,25). The molecule has 2 aromatic rings. The Balaban J connectivity index is 1.73. The number of hydrogen-bond donors (Lipinski definition) is 1. The summed E-state index contributed by atoms with van der Waals surface area (Å²) in [6.45, 7) is 5.93. The highest BCUT2D eigenvalue weighted by Gasteiger charge is 2.27. The van der Waals surface area contributed by atoms with Crippen molar-refractivity contribution in [3.63, 3.8) is 0 Å². The maximum absolute atomic E-state index is 13.0. The summed E-state index contributed by atoms with van der Waals surface area (Å²) in [4.78, 5) is 13.0. The van der Waals surface area contributed by atoms with Gasteiger partial charge in [-0.3, -0.25) is 4.79 Å². The minimum atomic E-state index is -0.176. The third-order valence-electron chi connectivity index (χ3n) is 5.13. The topological polar surface area (TPSA) is 73.0 Å². The van der Waals surface area contributed by atoms with Gasteiger partial charge >= 0.3 is 0 Å². The van der Waals surface area contributed by atoms with Gasteiger partial charge in [0.15, 0.2) is 0 Å². The van der Waals surface area contributed by atoms with Crippen LogP contribution >= 0.6 is 0 Å². The molecule has 26 heavy (non-hydrogen) atoms. The Labute approximate surface area is 152 Å². The van der Waals surface area contributed by atoms with Crippen molar-refractivity contribution in [3.8, 4) is 0 Å². The predicted octanol–water partition coefficient (Wildman–Crippen LogP) is 3.92. The van der Waals surface area contributed by atoms with Gasteiger partial charge in [-0.05, 0) is 51.0 Å². The first-order chi connectivity index (χ1) is 12.6. The first-order valence-electron chi connectivity index (χ1n) is 9.34. The molecule has 1 N–H and O–H groups in total. The molecule has 2 aromatic heterocycles. The smallest absolute Gasteiger partial charge is 0.262 e. The highest BCUT2D eigenvalue weighted by molar-refractivity contribution is 6.06. The van der Waals surface area contributed by atoms with E-state index in [1.54, 1.807) is 6.92 Å². The molecule has 0 aromatic carbocycles. The van der Waals surface area contributed by atoms with Crippen LogP contribution < -0.4 is 5.32 Å². The number of hydrogen-bond acceptors (Lipinski definition) is 4. The van der Waals surface area contributed by atoms with Crippen LogP contribution in [0.25, 0.3) is 5.70 Å². The fraction of sp³-hybridized carbons (Fsp3) is 0.450. The monoisotopic (exact) mass is 352 g/mol. The molecule has 1 atom stereocenters. The maximum Gasteiger partial charge on any atom is 0.262 e. The van der Waals surface area contributed by atoms with Gasteiger partial charge in [-0.2, -0.15) is 5.10 Å². The number of nitrogens with one attached hydrogen (secondary N) is 1. The Hall–Kier alpha value is -2.63. The average molecular weight is 352 g/mol. The number of nitrogens with zero attached hydrogens (tertiary/aromatic N) is 3. The lowest BCUT2D eigenvalue weighted by molar-refractivity contribution is 0.102. The quantitative estimate of drug-likeness (QED) is 0.905. The molecular formula is C20H24N4O2. The molecule has 2 aliphatic carbocycles. The van der Waals surface area contributed by atoms with Crippen LogP contribution in [-0.4, -0.2) is 20.8 Å². The summed E-state index contributed by atoms with van der Waals surface area (Å²) in [5.41, 5.74) is 4.48. The number of carbonyl (C=O) groups is 1. The van der Waals surface area contributed by atoms with E-state index in [0.29, 0.717) is 29.4 Å². The van der Waals surface area contributed by atoms with Crippen LogP contribution in [0.5, 0.6) is 0 Å². The van der Waals surface area contributed by atoms with Crippen molar-refractivity contribution in [1.82, 2.24) is 14.9 Å². The van der Waals surface area contributed by atoms with E-state index >= 15 is 0 Å². The molecule has 1 amide bonds. The van der Waals surface area contributed by atoms with Gasteiger partial charge in [0, 0.05) is 5.56 Å². The fourth-order valence-corrected chi connectivity index (χ4v) is 3.79. The van der Waals surface area contributed by atoms with E-state index in [4.69, 9.17) is 9.62 Å². The molecule has 6 nitrogen and oxygen atoms in total. The summed E-state index contributed by atoms with van der Waals surface area (Å²) in [6.07, 6.45) is 11.1. The molecule has 2 heterocycles. The largest absolute Gasteiger partial charge is 0.361 e. The van der Waals surface area contributed by atoms with E-state index in [-0.39, 0.29) is 5.91 Å². The second-order valence-electron chi connectivity index (χ2n) is 7.11. The zero-order chi connectivity index (χ0) is 18.3. The normalized spacial score (nSPS) is 18.7. The van der Waals surface area contributed by atoms with Crippen molar-refractivity contribution < 1.29 is 9.32 Å². The number of anilines is 1. The van der Waals surface area contributed by atoms with E-state index in [1.807, 2.05) is 11.6 Å². The van der Waals surface area contributed by atoms with Gasteiger partial charge in [-0.15, -0.1) is 0 Å². The third kappa shape index (κ3) is 2.79. The fourth-order valence-electron chi connectivity index (χ4n) is 3.79. The second-order valence-corrected chi connectivity index (χ2v) is 7.11. The van der Waals surface area contributed by atoms with E-state index < -0.39 is 0 Å². The minimum Gasteiger partial charge on any atom is -0.361 e. The second kappa shape index (κ2) is 6.59. The molecule has 0 radical (unpaired) electrons. The van der Waals surface area contributed by atoms with Crippen LogP contribution in [-0.2, 0) is 19.3 Å². The molecule has 0 saturated carbocycles. The van der Waals surface area contributed by atoms with Crippen LogP contribution in [0, 0.1) is 12.8 Å². The van der Waals surface area contributed by atoms with Crippen molar-refractivity contribution in [2.45, 2.75) is 52.9 Å². The Kier molecular flexibility index (Phi) is 4.26. The molecule has 0 saturated heterocycles. The highest BCUT2D eigenvalue weighted by Crippen LogP contribution is 2.33. The first kappa shape index (κ1) is 16.8. The molecular weight excluding hydrogens is 328 g/mol. The molecule has 0 aliphatic heterocycles. The van der Waals surface area contributed by atoms with Crippen LogP contribution in [0.1, 0.15) is 59.8 Å². The summed E-state index contributed by atoms with van der Waals surface area (Å²) >= 11 is 0. The van der Waals surface area contributed by atoms with Gasteiger partial charge in [0.2, 0.25) is 0 Å². The van der Waals surface area contributed by atoms with E-state index in [0.717, 1.165) is 48.5 Å². The van der Waals surface area contributed by atoms with Crippen molar-refractivity contribution >= 4 is 17.4 Å². The maximum atomic E-state index is 13.0. The van der Waals surface area contributed by atoms with E-state index in [1.165, 1.54) is 0 Å². The predicted molar refractivity (Wildman–Crippen MR) is 100 cm³/mol. The van der Waals surface area contributed by atoms with Crippen molar-refractivity contribution in [2.24, 2.45) is 5.92 Å². The van der Waals surface area contributed by atoms with Gasteiger partial charge < -0.3 is 9.84 Å². The Morgan fingerprint density at radius 3 is 3.04 bits per heavy atom. The summed E-state index contributed by atoms with van der Waals surface area (Å²) < 4.78 is 7.12. The molecule has 0 bridgehead atoms. The third-order valence-corrected chi connectivity index (χ3v) is 5.13. The summed E-state index contributed by atoms with van der Waals surface area (Å²) in [7, 11) is 0. The number of aromatic nitrogens is 3. The van der Waals surface area contributed by atoms with Gasteiger partial charge in [0.1, 0.15) is 17.1 Å². The lowest BCUT2D eigenvalue weighted by Gasteiger charge is -2.16. The number of amides is 1. The SMILES string of the molecule is CCc1noc(C)c1C(=O)Nc1c2c(nn1C1=CC(C)CC=C1)CCC2. The van der Waals surface area contributed by atoms with Crippen molar-refractivity contribution in [2.75, 3.05) is 5.32 Å². The van der Waals surface area contributed by atoms with Crippen molar-refractivity contribution in [1.29, 1.82) is 0 Å². The molecule has 1 unspecified atom stereocenters. The number of aryl methyl sites for hydroxylation is 3. The number of carbonyl (C=O) groups excluding carboxylic acids is 1. The van der Waals surface area contributed by atoms with Gasteiger partial charge in [-0.25, -0.2) is 4.68 Å². The van der Waals surface area contributed by atoms with Gasteiger partial charge in [0.25, 0.3) is 5.91 Å². The van der Waals surface area contributed by atoms with Crippen LogP contribution in [0.3, 0.4) is 0 Å². The van der Waals surface area contributed by atoms with Crippen LogP contribution in [0.4, 0.5) is 5.82 Å². The van der Waals surface area contributed by atoms with Crippen LogP contribution in [0.2, 0.25) is 0 Å². The number of fused-ring (bicyclic) bond motifs is 1. The van der Waals surface area contributed by atoms with E-state index in [2.05, 4.69) is 35.6 Å². The molecule has 6 heteroatoms. The molecule has 0 fully saturated rings. The van der Waals surface area contributed by atoms with Crippen molar-refractivity contribution in [3.05, 3.63) is 46.5 Å². The number of allylic oxidation sites excluding steroid dienone is 4. The first-order valence-corrected chi connectivity index (χ1v) is 9.34. The summed E-state index contributed by atoms with van der Waals surface area (Å²) in [5.74, 6) is 1.62. The Morgan fingerprint density at radius 2 is 2.27 bits per heavy atom. The average Bonchev–Trinajstić information content (AvgIpc) is 3.30. The molecule has 4 rings (SSSR count). The molecule has 0 spiro atoms. The Morgan fingerprint density at radius 1 is 1.42 bits per heavy atom. The lowest BCUT2D eigenvalue weighted by atomic mass is 10.0. The van der Waals surface area contributed by atoms with Crippen LogP contribution in [0.15, 0.2) is 22.8 Å².